The topological polar surface area (TPSA) is 55.6 Å². The fraction of sp³-hybridized carbons (Fsp3) is 0.500. The summed E-state index contributed by atoms with van der Waals surface area (Å²) in [6.07, 6.45) is 0.597. The summed E-state index contributed by atoms with van der Waals surface area (Å²) in [6, 6.07) is 6.19. The van der Waals surface area contributed by atoms with E-state index in [1.807, 2.05) is 0 Å². The van der Waals surface area contributed by atoms with Crippen molar-refractivity contribution < 1.29 is 13.9 Å². The van der Waals surface area contributed by atoms with E-state index in [9.17, 15) is 9.18 Å². The van der Waals surface area contributed by atoms with Gasteiger partial charge in [0.25, 0.3) is 5.91 Å². The van der Waals surface area contributed by atoms with Gasteiger partial charge in [-0.3, -0.25) is 4.79 Å². The minimum absolute atomic E-state index is 0.256. The van der Waals surface area contributed by atoms with Crippen molar-refractivity contribution in [3.63, 3.8) is 0 Å². The molecule has 106 valence electrons. The van der Waals surface area contributed by atoms with Gasteiger partial charge in [-0.1, -0.05) is 12.1 Å². The average Bonchev–Trinajstić information content (AvgIpc) is 2.40. The van der Waals surface area contributed by atoms with Crippen molar-refractivity contribution in [1.82, 2.24) is 0 Å². The fourth-order valence-corrected chi connectivity index (χ4v) is 1.66. The van der Waals surface area contributed by atoms with Crippen molar-refractivity contribution >= 4 is 11.6 Å². The molecule has 0 saturated heterocycles. The predicted molar refractivity (Wildman–Crippen MR) is 73.5 cm³/mol. The number of para-hydroxylation sites is 1. The monoisotopic (exact) mass is 268 g/mol. The van der Waals surface area contributed by atoms with E-state index in [1.165, 1.54) is 18.1 Å². The fourth-order valence-electron chi connectivity index (χ4n) is 1.66. The third-order valence-corrected chi connectivity index (χ3v) is 3.00. The molecule has 1 aromatic rings. The van der Waals surface area contributed by atoms with Crippen molar-refractivity contribution in [2.24, 2.45) is 5.73 Å². The van der Waals surface area contributed by atoms with Crippen LogP contribution in [0, 0.1) is 5.82 Å². The molecule has 0 spiro atoms. The maximum absolute atomic E-state index is 13.9. The summed E-state index contributed by atoms with van der Waals surface area (Å²) in [5.41, 5.74) is 4.72. The molecule has 0 saturated carbocycles. The second-order valence-corrected chi connectivity index (χ2v) is 4.76. The number of methoxy groups -OCH3 is 1. The van der Waals surface area contributed by atoms with Gasteiger partial charge in [0.15, 0.2) is 0 Å². The molecule has 0 fully saturated rings. The Labute approximate surface area is 113 Å². The van der Waals surface area contributed by atoms with Gasteiger partial charge in [-0.2, -0.15) is 0 Å². The maximum atomic E-state index is 13.9. The summed E-state index contributed by atoms with van der Waals surface area (Å²) in [5.74, 6) is -0.715. The van der Waals surface area contributed by atoms with Crippen LogP contribution in [-0.2, 0) is 9.53 Å². The third kappa shape index (κ3) is 3.75. The Balaban J connectivity index is 3.08. The predicted octanol–water partition coefficient (Wildman–Crippen LogP) is 1.93. The van der Waals surface area contributed by atoms with Gasteiger partial charge in [0.1, 0.15) is 11.4 Å². The first-order valence-electron chi connectivity index (χ1n) is 6.25. The Hall–Kier alpha value is -1.46. The Morgan fingerprint density at radius 2 is 2.05 bits per heavy atom. The number of nitrogens with zero attached hydrogens (tertiary/aromatic N) is 1. The van der Waals surface area contributed by atoms with Crippen molar-refractivity contribution in [3.8, 4) is 0 Å². The molecule has 1 rings (SSSR count). The smallest absolute Gasteiger partial charge is 0.258 e. The largest absolute Gasteiger partial charge is 0.369 e. The first kappa shape index (κ1) is 15.6. The van der Waals surface area contributed by atoms with Crippen LogP contribution in [-0.4, -0.2) is 31.7 Å². The van der Waals surface area contributed by atoms with Gasteiger partial charge in [0, 0.05) is 13.7 Å². The number of anilines is 1. The zero-order valence-electron chi connectivity index (χ0n) is 11.6. The number of hydrogen-bond acceptors (Lipinski definition) is 3. The first-order chi connectivity index (χ1) is 8.94. The van der Waals surface area contributed by atoms with Crippen molar-refractivity contribution in [1.29, 1.82) is 0 Å². The molecule has 0 unspecified atom stereocenters. The number of nitrogens with two attached hydrogens (primary N) is 1. The molecule has 0 aliphatic rings. The average molecular weight is 268 g/mol. The molecule has 0 radical (unpaired) electrons. The van der Waals surface area contributed by atoms with Crippen LogP contribution in [0.1, 0.15) is 20.3 Å². The van der Waals surface area contributed by atoms with Crippen LogP contribution in [0.25, 0.3) is 0 Å². The number of rotatable bonds is 6. The normalized spacial score (nSPS) is 11.4. The Bertz CT molecular complexity index is 435. The summed E-state index contributed by atoms with van der Waals surface area (Å²) in [6.45, 7) is 4.12. The molecular weight excluding hydrogens is 247 g/mol. The first-order valence-corrected chi connectivity index (χ1v) is 6.25. The van der Waals surface area contributed by atoms with E-state index in [-0.39, 0.29) is 11.6 Å². The van der Waals surface area contributed by atoms with Crippen LogP contribution in [0.5, 0.6) is 0 Å². The number of amides is 1. The summed E-state index contributed by atoms with van der Waals surface area (Å²) < 4.78 is 19.0. The molecule has 0 bridgehead atoms. The lowest BCUT2D eigenvalue weighted by Crippen LogP contribution is -2.47. The van der Waals surface area contributed by atoms with E-state index in [0.29, 0.717) is 19.5 Å². The molecule has 0 aliphatic heterocycles. The third-order valence-electron chi connectivity index (χ3n) is 3.00. The lowest BCUT2D eigenvalue weighted by Gasteiger charge is -2.31. The second-order valence-electron chi connectivity index (χ2n) is 4.76. The van der Waals surface area contributed by atoms with Crippen molar-refractivity contribution in [3.05, 3.63) is 30.1 Å². The van der Waals surface area contributed by atoms with Gasteiger partial charge in [-0.05, 0) is 38.9 Å². The summed E-state index contributed by atoms with van der Waals surface area (Å²) in [4.78, 5) is 13.8. The summed E-state index contributed by atoms with van der Waals surface area (Å²) >= 11 is 0. The zero-order valence-corrected chi connectivity index (χ0v) is 11.6. The van der Waals surface area contributed by atoms with Gasteiger partial charge >= 0.3 is 0 Å². The molecule has 5 heteroatoms. The molecule has 2 N–H and O–H groups in total. The SMILES string of the molecule is COC(C)(C)C(=O)N(CCCN)c1ccccc1F. The number of carbonyl (C=O) groups is 1. The second kappa shape index (κ2) is 6.63. The Morgan fingerprint density at radius 1 is 1.42 bits per heavy atom. The number of carbonyl (C=O) groups excluding carboxylic acids is 1. The number of ether oxygens (including phenoxy) is 1. The summed E-state index contributed by atoms with van der Waals surface area (Å²) in [7, 11) is 1.46. The number of hydrogen-bond donors (Lipinski definition) is 1. The Kier molecular flexibility index (Phi) is 5.44. The molecule has 19 heavy (non-hydrogen) atoms. The van der Waals surface area contributed by atoms with Crippen LogP contribution >= 0.6 is 0 Å². The van der Waals surface area contributed by atoms with Gasteiger partial charge < -0.3 is 15.4 Å². The molecular formula is C14H21FN2O2. The van der Waals surface area contributed by atoms with Crippen molar-refractivity contribution in [2.75, 3.05) is 25.1 Å². The highest BCUT2D eigenvalue weighted by atomic mass is 19.1. The molecule has 0 atom stereocenters. The minimum atomic E-state index is -1.00. The van der Waals surface area contributed by atoms with Crippen LogP contribution in [0.4, 0.5) is 10.1 Å². The van der Waals surface area contributed by atoms with Gasteiger partial charge in [0.05, 0.1) is 5.69 Å². The van der Waals surface area contributed by atoms with Gasteiger partial charge in [0.2, 0.25) is 0 Å². The van der Waals surface area contributed by atoms with E-state index >= 15 is 0 Å². The molecule has 4 nitrogen and oxygen atoms in total. The highest BCUT2D eigenvalue weighted by Gasteiger charge is 2.33. The summed E-state index contributed by atoms with van der Waals surface area (Å²) in [5, 5.41) is 0. The highest BCUT2D eigenvalue weighted by Crippen LogP contribution is 2.23. The lowest BCUT2D eigenvalue weighted by atomic mass is 10.1. The highest BCUT2D eigenvalue weighted by molar-refractivity contribution is 5.99. The van der Waals surface area contributed by atoms with E-state index < -0.39 is 11.4 Å². The molecule has 0 aliphatic carbocycles. The van der Waals surface area contributed by atoms with E-state index in [1.54, 1.807) is 32.0 Å². The molecule has 0 aromatic heterocycles. The molecule has 1 aromatic carbocycles. The Morgan fingerprint density at radius 3 is 2.58 bits per heavy atom. The number of benzene rings is 1. The van der Waals surface area contributed by atoms with Gasteiger partial charge in [-0.25, -0.2) is 4.39 Å². The molecule has 1 amide bonds. The number of halogens is 1. The minimum Gasteiger partial charge on any atom is -0.369 e. The maximum Gasteiger partial charge on any atom is 0.258 e. The standard InChI is InChI=1S/C14H21FN2O2/c1-14(2,19-3)13(18)17(10-6-9-16)12-8-5-4-7-11(12)15/h4-5,7-8H,6,9-10,16H2,1-3H3. The van der Waals surface area contributed by atoms with Gasteiger partial charge in [-0.15, -0.1) is 0 Å². The van der Waals surface area contributed by atoms with E-state index in [0.717, 1.165) is 0 Å². The van der Waals surface area contributed by atoms with E-state index in [2.05, 4.69) is 0 Å². The van der Waals surface area contributed by atoms with Crippen LogP contribution in [0.3, 0.4) is 0 Å². The van der Waals surface area contributed by atoms with E-state index in [4.69, 9.17) is 10.5 Å². The quantitative estimate of drug-likeness (QED) is 0.857. The lowest BCUT2D eigenvalue weighted by molar-refractivity contribution is -0.136. The van der Waals surface area contributed by atoms with Crippen LogP contribution in [0.2, 0.25) is 0 Å². The van der Waals surface area contributed by atoms with Crippen LogP contribution < -0.4 is 10.6 Å². The van der Waals surface area contributed by atoms with Crippen molar-refractivity contribution in [2.45, 2.75) is 25.9 Å². The molecule has 0 heterocycles. The van der Waals surface area contributed by atoms with Crippen LogP contribution in [0.15, 0.2) is 24.3 Å². The zero-order chi connectivity index (χ0) is 14.5.